The molecule has 0 aliphatic carbocycles. The van der Waals surface area contributed by atoms with Crippen LogP contribution < -0.4 is 41.4 Å². The van der Waals surface area contributed by atoms with Gasteiger partial charge in [0.1, 0.15) is 0 Å². The van der Waals surface area contributed by atoms with Gasteiger partial charge in [0, 0.05) is 72.6 Å². The number of amides is 10. The van der Waals surface area contributed by atoms with E-state index in [4.69, 9.17) is 21.1 Å². The number of aryl methyl sites for hydroxylation is 1. The molecule has 0 aromatic heterocycles. The number of fused-ring (bicyclic) bond motifs is 2. The molecular formula is C45H45ClN8O10. The molecule has 6 N–H and O–H groups in total. The lowest BCUT2D eigenvalue weighted by molar-refractivity contribution is -0.139. The Morgan fingerprint density at radius 1 is 0.609 bits per heavy atom. The minimum Gasteiger partial charge on any atom is -0.493 e. The lowest BCUT2D eigenvalue weighted by atomic mass is 10.0. The number of hydrogen-bond donors (Lipinski definition) is 6. The van der Waals surface area contributed by atoms with Gasteiger partial charge < -0.3 is 20.1 Å². The zero-order valence-electron chi connectivity index (χ0n) is 35.1. The van der Waals surface area contributed by atoms with Gasteiger partial charge >= 0.3 is 12.1 Å². The van der Waals surface area contributed by atoms with Gasteiger partial charge in [-0.2, -0.15) is 0 Å². The summed E-state index contributed by atoms with van der Waals surface area (Å²) in [5.41, 5.74) is 6.32. The number of anilines is 2. The molecule has 0 saturated carbocycles. The van der Waals surface area contributed by atoms with Gasteiger partial charge in [-0.1, -0.05) is 23.7 Å². The van der Waals surface area contributed by atoms with E-state index in [1.54, 1.807) is 67.6 Å². The van der Waals surface area contributed by atoms with Crippen LogP contribution in [0.15, 0.2) is 72.8 Å². The fourth-order valence-electron chi connectivity index (χ4n) is 7.97. The van der Waals surface area contributed by atoms with Crippen molar-refractivity contribution in [3.05, 3.63) is 117 Å². The van der Waals surface area contributed by atoms with Gasteiger partial charge in [-0.25, -0.2) is 9.59 Å². The summed E-state index contributed by atoms with van der Waals surface area (Å²) < 4.78 is 10.4. The highest BCUT2D eigenvalue weighted by molar-refractivity contribution is 6.30. The van der Waals surface area contributed by atoms with Crippen LogP contribution in [0.2, 0.25) is 5.02 Å². The molecule has 2 fully saturated rings. The third-order valence-corrected chi connectivity index (χ3v) is 11.5. The van der Waals surface area contributed by atoms with Crippen LogP contribution in [-0.4, -0.2) is 83.6 Å². The van der Waals surface area contributed by atoms with E-state index in [1.165, 1.54) is 14.2 Å². The van der Waals surface area contributed by atoms with Gasteiger partial charge in [-0.15, -0.1) is 0 Å². The molecule has 0 radical (unpaired) electrons. The molecule has 64 heavy (non-hydrogen) atoms. The van der Waals surface area contributed by atoms with Crippen LogP contribution in [0.25, 0.3) is 0 Å². The molecule has 8 rings (SSSR count). The third-order valence-electron chi connectivity index (χ3n) is 11.3. The number of ether oxygens (including phenoxy) is 2. The van der Waals surface area contributed by atoms with Crippen LogP contribution in [0.5, 0.6) is 11.5 Å². The van der Waals surface area contributed by atoms with E-state index in [1.807, 2.05) is 21.9 Å². The Bertz CT molecular complexity index is 2580. The van der Waals surface area contributed by atoms with E-state index in [9.17, 15) is 38.4 Å². The van der Waals surface area contributed by atoms with Crippen LogP contribution in [0, 0.1) is 6.92 Å². The number of carbonyl (C=O) groups is 8. The zero-order valence-corrected chi connectivity index (χ0v) is 35.9. The number of nitrogens with zero attached hydrogens (tertiary/aromatic N) is 2. The lowest BCUT2D eigenvalue weighted by Crippen LogP contribution is -2.50. The van der Waals surface area contributed by atoms with E-state index < -0.39 is 23.9 Å². The Balaban J connectivity index is 0.000000192. The maximum Gasteiger partial charge on any atom is 0.326 e. The molecule has 332 valence electrons. The van der Waals surface area contributed by atoms with Crippen molar-refractivity contribution in [2.75, 3.05) is 24.9 Å². The first-order chi connectivity index (χ1) is 30.7. The molecular weight excluding hydrogens is 848 g/mol. The van der Waals surface area contributed by atoms with Crippen molar-refractivity contribution in [3.63, 3.8) is 0 Å². The molecule has 2 atom stereocenters. The molecule has 10 amide bonds. The Hall–Kier alpha value is -7.15. The summed E-state index contributed by atoms with van der Waals surface area (Å²) in [6.07, 6.45) is 1.59. The molecule has 18 nitrogen and oxygen atoms in total. The molecule has 0 spiro atoms. The fraction of sp³-hybridized carbons (Fsp3) is 0.289. The fourth-order valence-corrected chi connectivity index (χ4v) is 8.20. The van der Waals surface area contributed by atoms with Gasteiger partial charge in [0.15, 0.2) is 11.5 Å². The van der Waals surface area contributed by atoms with Crippen LogP contribution in [0.1, 0.15) is 74.2 Å². The van der Waals surface area contributed by atoms with Crippen molar-refractivity contribution in [1.29, 1.82) is 0 Å². The second kappa shape index (κ2) is 19.5. The van der Waals surface area contributed by atoms with Crippen molar-refractivity contribution >= 4 is 70.5 Å². The number of rotatable bonds is 8. The predicted octanol–water partition coefficient (Wildman–Crippen LogP) is 4.52. The second-order valence-corrected chi connectivity index (χ2v) is 16.0. The molecule has 4 aromatic rings. The predicted molar refractivity (Wildman–Crippen MR) is 232 cm³/mol. The van der Waals surface area contributed by atoms with Crippen LogP contribution >= 0.6 is 11.6 Å². The highest BCUT2D eigenvalue weighted by Gasteiger charge is 2.36. The SMILES string of the molecule is COc1ccc(NC(=O)NC(=O)c2ccc3c(c2)CN(C2CCC(=O)NC2=O)C3)cc1OC.Cc1cc(Cl)ccc1NC(=O)NC(=O)c1ccc2c(c1)CN(C1CCC(=O)NC1=O)C2. The second-order valence-electron chi connectivity index (χ2n) is 15.6. The molecule has 4 heterocycles. The molecule has 19 heteroatoms. The molecule has 2 unspecified atom stereocenters. The van der Waals surface area contributed by atoms with Crippen LogP contribution in [0.4, 0.5) is 21.0 Å². The van der Waals surface area contributed by atoms with E-state index in [0.29, 0.717) is 90.9 Å². The normalized spacial score (nSPS) is 18.0. The summed E-state index contributed by atoms with van der Waals surface area (Å²) in [5.74, 6) is -1.17. The zero-order chi connectivity index (χ0) is 45.7. The Morgan fingerprint density at radius 2 is 1.11 bits per heavy atom. The van der Waals surface area contributed by atoms with Crippen LogP contribution in [0.3, 0.4) is 0 Å². The van der Waals surface area contributed by atoms with Crippen molar-refractivity contribution in [2.45, 2.75) is 70.9 Å². The molecule has 0 bridgehead atoms. The first-order valence-electron chi connectivity index (χ1n) is 20.3. The van der Waals surface area contributed by atoms with Crippen molar-refractivity contribution < 1.29 is 47.8 Å². The largest absolute Gasteiger partial charge is 0.493 e. The average molecular weight is 893 g/mol. The van der Waals surface area contributed by atoms with Gasteiger partial charge in [0.05, 0.1) is 26.3 Å². The van der Waals surface area contributed by atoms with E-state index in [-0.39, 0.29) is 35.7 Å². The van der Waals surface area contributed by atoms with E-state index in [0.717, 1.165) is 27.8 Å². The van der Waals surface area contributed by atoms with E-state index >= 15 is 0 Å². The number of carbonyl (C=O) groups excluding carboxylic acids is 8. The smallest absolute Gasteiger partial charge is 0.326 e. The Labute approximate surface area is 372 Å². The summed E-state index contributed by atoms with van der Waals surface area (Å²) >= 11 is 5.92. The Kier molecular flexibility index (Phi) is 13.7. The average Bonchev–Trinajstić information content (AvgIpc) is 3.88. The highest BCUT2D eigenvalue weighted by atomic mass is 35.5. The summed E-state index contributed by atoms with van der Waals surface area (Å²) in [4.78, 5) is 101. The maximum absolute atomic E-state index is 12.6. The van der Waals surface area contributed by atoms with Gasteiger partial charge in [0.2, 0.25) is 23.6 Å². The first kappa shape index (κ1) is 44.9. The number of hydrogen-bond acceptors (Lipinski definition) is 12. The summed E-state index contributed by atoms with van der Waals surface area (Å²) in [7, 11) is 3.00. The third kappa shape index (κ3) is 10.5. The van der Waals surface area contributed by atoms with E-state index in [2.05, 4.69) is 31.9 Å². The molecule has 4 aromatic carbocycles. The topological polar surface area (TPSA) is 234 Å². The van der Waals surface area contributed by atoms with Crippen LogP contribution in [-0.2, 0) is 45.4 Å². The number of benzene rings is 4. The number of halogens is 1. The van der Waals surface area contributed by atoms with Gasteiger partial charge in [0.25, 0.3) is 11.8 Å². The minimum atomic E-state index is -0.683. The van der Waals surface area contributed by atoms with Gasteiger partial charge in [-0.3, -0.25) is 59.8 Å². The van der Waals surface area contributed by atoms with Crippen molar-refractivity contribution in [2.24, 2.45) is 0 Å². The number of urea groups is 2. The number of methoxy groups -OCH3 is 2. The molecule has 4 aliphatic heterocycles. The molecule has 2 saturated heterocycles. The minimum absolute atomic E-state index is 0.246. The van der Waals surface area contributed by atoms with Crippen molar-refractivity contribution in [3.8, 4) is 11.5 Å². The highest BCUT2D eigenvalue weighted by Crippen LogP contribution is 2.31. The monoisotopic (exact) mass is 892 g/mol. The lowest BCUT2D eigenvalue weighted by Gasteiger charge is -2.29. The first-order valence-corrected chi connectivity index (χ1v) is 20.7. The number of piperidine rings is 2. The summed E-state index contributed by atoms with van der Waals surface area (Å²) in [5, 5.41) is 15.2. The summed E-state index contributed by atoms with van der Waals surface area (Å²) in [6, 6.07) is 18.2. The molecule has 4 aliphatic rings. The standard InChI is InChI=1S/C23H24N4O6.C22H21ClN4O4/c1-32-18-7-5-16(10-19(18)33-2)24-23(31)26-21(29)13-3-4-14-11-27(12-15(14)9-13)17-6-8-20(28)25-22(17)30;1-12-8-16(23)4-5-17(12)24-22(31)26-20(29)13-2-3-14-10-27(11-15(14)9-13)18-6-7-19(28)25-21(18)30/h3-5,7,9-10,17H,6,8,11-12H2,1-2H3,(H,25,28,30)(H2,24,26,29,31);2-5,8-9,18H,6-7,10-11H2,1H3,(H,25,28,30)(H2,24,26,29,31). The maximum atomic E-state index is 12.6. The Morgan fingerprint density at radius 3 is 1.59 bits per heavy atom. The van der Waals surface area contributed by atoms with Crippen molar-refractivity contribution in [1.82, 2.24) is 31.1 Å². The quantitative estimate of drug-likeness (QED) is 0.134. The number of nitrogens with one attached hydrogen (secondary N) is 6. The summed E-state index contributed by atoms with van der Waals surface area (Å²) in [6.45, 7) is 3.92. The van der Waals surface area contributed by atoms with Gasteiger partial charge in [-0.05, 0) is 102 Å². The number of imide groups is 4.